The van der Waals surface area contributed by atoms with Crippen LogP contribution in [0.15, 0.2) is 0 Å². The topological polar surface area (TPSA) is 15.3 Å². The third-order valence-electron chi connectivity index (χ3n) is 2.64. The maximum absolute atomic E-state index is 3.49. The third-order valence-corrected chi connectivity index (χ3v) is 2.64. The Morgan fingerprint density at radius 1 is 1.29 bits per heavy atom. The smallest absolute Gasteiger partial charge is 0.0107 e. The van der Waals surface area contributed by atoms with E-state index in [0.29, 0.717) is 11.5 Å². The van der Waals surface area contributed by atoms with Gasteiger partial charge in [0.1, 0.15) is 0 Å². The van der Waals surface area contributed by atoms with Gasteiger partial charge in [-0.15, -0.1) is 0 Å². The lowest BCUT2D eigenvalue weighted by molar-refractivity contribution is 0.246. The standard InChI is InChI=1S/C12H28N2/c1-7-11(2)14(6)9-8-13-10-12(3,4)5/h11,13H,7-10H2,1-6H3. The average Bonchev–Trinajstić information content (AvgIpc) is 2.09. The zero-order valence-corrected chi connectivity index (χ0v) is 10.9. The molecule has 2 heteroatoms. The fourth-order valence-corrected chi connectivity index (χ4v) is 1.25. The van der Waals surface area contributed by atoms with Crippen molar-refractivity contribution in [1.29, 1.82) is 0 Å². The first kappa shape index (κ1) is 13.9. The maximum Gasteiger partial charge on any atom is 0.0107 e. The first-order valence-corrected chi connectivity index (χ1v) is 5.78. The van der Waals surface area contributed by atoms with Gasteiger partial charge in [-0.05, 0) is 25.8 Å². The highest BCUT2D eigenvalue weighted by Crippen LogP contribution is 2.09. The predicted molar refractivity (Wildman–Crippen MR) is 64.7 cm³/mol. The van der Waals surface area contributed by atoms with Crippen LogP contribution in [-0.2, 0) is 0 Å². The van der Waals surface area contributed by atoms with Crippen LogP contribution in [0, 0.1) is 5.41 Å². The average molecular weight is 200 g/mol. The van der Waals surface area contributed by atoms with E-state index < -0.39 is 0 Å². The van der Waals surface area contributed by atoms with E-state index >= 15 is 0 Å². The van der Waals surface area contributed by atoms with Gasteiger partial charge in [-0.2, -0.15) is 0 Å². The molecule has 86 valence electrons. The second-order valence-electron chi connectivity index (χ2n) is 5.48. The summed E-state index contributed by atoms with van der Waals surface area (Å²) in [5, 5.41) is 3.49. The molecule has 0 aromatic carbocycles. The Kier molecular flexibility index (Phi) is 6.38. The largest absolute Gasteiger partial charge is 0.315 e. The SMILES string of the molecule is CCC(C)N(C)CCNCC(C)(C)C. The molecule has 0 rings (SSSR count). The van der Waals surface area contributed by atoms with Crippen molar-refractivity contribution in [3.8, 4) is 0 Å². The molecule has 1 unspecified atom stereocenters. The summed E-state index contributed by atoms with van der Waals surface area (Å²) in [4.78, 5) is 2.41. The van der Waals surface area contributed by atoms with Gasteiger partial charge >= 0.3 is 0 Å². The number of nitrogens with one attached hydrogen (secondary N) is 1. The minimum absolute atomic E-state index is 0.398. The summed E-state index contributed by atoms with van der Waals surface area (Å²) in [5.41, 5.74) is 0.398. The molecule has 2 nitrogen and oxygen atoms in total. The van der Waals surface area contributed by atoms with Crippen molar-refractivity contribution in [2.75, 3.05) is 26.7 Å². The van der Waals surface area contributed by atoms with Gasteiger partial charge in [0.25, 0.3) is 0 Å². The quantitative estimate of drug-likeness (QED) is 0.662. The molecule has 0 heterocycles. The molecule has 0 aromatic heterocycles. The molecule has 0 saturated carbocycles. The molecule has 0 saturated heterocycles. The van der Waals surface area contributed by atoms with Gasteiger partial charge in [-0.25, -0.2) is 0 Å². The Morgan fingerprint density at radius 3 is 2.29 bits per heavy atom. The van der Waals surface area contributed by atoms with Crippen LogP contribution in [0.2, 0.25) is 0 Å². The molecule has 1 N–H and O–H groups in total. The monoisotopic (exact) mass is 200 g/mol. The van der Waals surface area contributed by atoms with Crippen LogP contribution in [0.5, 0.6) is 0 Å². The third kappa shape index (κ3) is 7.34. The van der Waals surface area contributed by atoms with Gasteiger partial charge in [-0.1, -0.05) is 27.7 Å². The normalized spacial score (nSPS) is 14.8. The molecular formula is C12H28N2. The summed E-state index contributed by atoms with van der Waals surface area (Å²) < 4.78 is 0. The van der Waals surface area contributed by atoms with Gasteiger partial charge in [0.05, 0.1) is 0 Å². The Hall–Kier alpha value is -0.0800. The number of hydrogen-bond donors (Lipinski definition) is 1. The summed E-state index contributed by atoms with van der Waals surface area (Å²) in [5.74, 6) is 0. The molecule has 0 bridgehead atoms. The van der Waals surface area contributed by atoms with E-state index in [1.54, 1.807) is 0 Å². The van der Waals surface area contributed by atoms with Gasteiger partial charge in [0.15, 0.2) is 0 Å². The Morgan fingerprint density at radius 2 is 1.86 bits per heavy atom. The van der Waals surface area contributed by atoms with Crippen LogP contribution < -0.4 is 5.32 Å². The molecule has 0 amide bonds. The molecule has 0 aliphatic rings. The molecule has 0 radical (unpaired) electrons. The number of hydrogen-bond acceptors (Lipinski definition) is 2. The lowest BCUT2D eigenvalue weighted by Crippen LogP contribution is -2.37. The number of nitrogens with zero attached hydrogens (tertiary/aromatic N) is 1. The lowest BCUT2D eigenvalue weighted by atomic mass is 9.97. The first-order valence-electron chi connectivity index (χ1n) is 5.78. The highest BCUT2D eigenvalue weighted by atomic mass is 15.1. The van der Waals surface area contributed by atoms with Crippen LogP contribution >= 0.6 is 0 Å². The van der Waals surface area contributed by atoms with E-state index in [2.05, 4.69) is 51.9 Å². The van der Waals surface area contributed by atoms with Crippen LogP contribution in [0.3, 0.4) is 0 Å². The van der Waals surface area contributed by atoms with E-state index in [4.69, 9.17) is 0 Å². The van der Waals surface area contributed by atoms with Crippen LogP contribution in [0.25, 0.3) is 0 Å². The van der Waals surface area contributed by atoms with Crippen molar-refractivity contribution < 1.29 is 0 Å². The van der Waals surface area contributed by atoms with Crippen LogP contribution in [-0.4, -0.2) is 37.6 Å². The summed E-state index contributed by atoms with van der Waals surface area (Å²) in [6.45, 7) is 14.6. The van der Waals surface area contributed by atoms with E-state index in [0.717, 1.165) is 19.6 Å². The van der Waals surface area contributed by atoms with E-state index in [1.165, 1.54) is 6.42 Å². The van der Waals surface area contributed by atoms with Gasteiger partial charge in [-0.3, -0.25) is 0 Å². The van der Waals surface area contributed by atoms with E-state index in [1.807, 2.05) is 0 Å². The van der Waals surface area contributed by atoms with Crippen molar-refractivity contribution in [2.45, 2.75) is 47.1 Å². The van der Waals surface area contributed by atoms with Crippen LogP contribution in [0.1, 0.15) is 41.0 Å². The highest BCUT2D eigenvalue weighted by Gasteiger charge is 2.09. The molecule has 0 aliphatic heterocycles. The summed E-state index contributed by atoms with van der Waals surface area (Å²) >= 11 is 0. The molecular weight excluding hydrogens is 172 g/mol. The van der Waals surface area contributed by atoms with E-state index in [9.17, 15) is 0 Å². The lowest BCUT2D eigenvalue weighted by Gasteiger charge is -2.25. The summed E-state index contributed by atoms with van der Waals surface area (Å²) in [7, 11) is 2.20. The van der Waals surface area contributed by atoms with Gasteiger partial charge < -0.3 is 10.2 Å². The van der Waals surface area contributed by atoms with Gasteiger partial charge in [0, 0.05) is 25.7 Å². The maximum atomic E-state index is 3.49. The molecule has 0 aromatic rings. The predicted octanol–water partition coefficient (Wildman–Crippen LogP) is 2.35. The fraction of sp³-hybridized carbons (Fsp3) is 1.00. The Balaban J connectivity index is 3.45. The van der Waals surface area contributed by atoms with E-state index in [-0.39, 0.29) is 0 Å². The zero-order valence-electron chi connectivity index (χ0n) is 10.9. The number of rotatable bonds is 6. The van der Waals surface area contributed by atoms with Gasteiger partial charge in [0.2, 0.25) is 0 Å². The Bertz CT molecular complexity index is 138. The highest BCUT2D eigenvalue weighted by molar-refractivity contribution is 4.67. The minimum Gasteiger partial charge on any atom is -0.315 e. The minimum atomic E-state index is 0.398. The summed E-state index contributed by atoms with van der Waals surface area (Å²) in [6, 6.07) is 0.700. The van der Waals surface area contributed by atoms with Crippen molar-refractivity contribution in [3.63, 3.8) is 0 Å². The molecule has 0 aliphatic carbocycles. The molecule has 14 heavy (non-hydrogen) atoms. The second-order valence-corrected chi connectivity index (χ2v) is 5.48. The Labute approximate surface area is 90.1 Å². The van der Waals surface area contributed by atoms with Crippen molar-refractivity contribution in [1.82, 2.24) is 10.2 Å². The van der Waals surface area contributed by atoms with Crippen molar-refractivity contribution in [2.24, 2.45) is 5.41 Å². The molecule has 0 spiro atoms. The van der Waals surface area contributed by atoms with Crippen molar-refractivity contribution >= 4 is 0 Å². The fourth-order valence-electron chi connectivity index (χ4n) is 1.25. The summed E-state index contributed by atoms with van der Waals surface area (Å²) in [6.07, 6.45) is 1.23. The molecule has 0 fully saturated rings. The second kappa shape index (κ2) is 6.41. The zero-order chi connectivity index (χ0) is 11.2. The van der Waals surface area contributed by atoms with Crippen molar-refractivity contribution in [3.05, 3.63) is 0 Å². The van der Waals surface area contributed by atoms with Crippen LogP contribution in [0.4, 0.5) is 0 Å². The molecule has 1 atom stereocenters. The number of likely N-dealkylation sites (N-methyl/N-ethyl adjacent to an activating group) is 1. The first-order chi connectivity index (χ1) is 6.37.